The van der Waals surface area contributed by atoms with Crippen LogP contribution >= 0.6 is 11.6 Å². The van der Waals surface area contributed by atoms with Gasteiger partial charge in [0.25, 0.3) is 0 Å². The first kappa shape index (κ1) is 17.5. The summed E-state index contributed by atoms with van der Waals surface area (Å²) in [5.74, 6) is 0. The van der Waals surface area contributed by atoms with Crippen molar-refractivity contribution in [1.29, 1.82) is 0 Å². The summed E-state index contributed by atoms with van der Waals surface area (Å²) in [5, 5.41) is 3.64. The van der Waals surface area contributed by atoms with Crippen LogP contribution in [0.2, 0.25) is 5.02 Å². The van der Waals surface area contributed by atoms with Gasteiger partial charge in [0, 0.05) is 20.1 Å². The number of rotatable bonds is 2. The van der Waals surface area contributed by atoms with Crippen LogP contribution in [0, 0.1) is 0 Å². The van der Waals surface area contributed by atoms with Gasteiger partial charge in [-0.15, -0.1) is 0 Å². The lowest BCUT2D eigenvalue weighted by molar-refractivity contribution is 0.0270. The molecule has 1 heterocycles. The molecule has 0 saturated heterocycles. The minimum absolute atomic E-state index is 0.285. The number of nitrogens with two attached hydrogens (primary N) is 1. The fourth-order valence-electron chi connectivity index (χ4n) is 2.50. The van der Waals surface area contributed by atoms with Gasteiger partial charge in [0.05, 0.1) is 16.4 Å². The summed E-state index contributed by atoms with van der Waals surface area (Å²) < 4.78 is 5.40. The summed E-state index contributed by atoms with van der Waals surface area (Å²) >= 11 is 6.45. The molecule has 1 amide bonds. The van der Waals surface area contributed by atoms with E-state index in [9.17, 15) is 4.79 Å². The number of hydrogen-bond donors (Lipinski definition) is 2. The Kier molecular flexibility index (Phi) is 5.09. The molecule has 5 nitrogen and oxygen atoms in total. The Morgan fingerprint density at radius 1 is 1.39 bits per heavy atom. The molecule has 0 aliphatic carbocycles. The van der Waals surface area contributed by atoms with Crippen LogP contribution in [0.5, 0.6) is 0 Å². The van der Waals surface area contributed by atoms with Crippen molar-refractivity contribution in [2.45, 2.75) is 32.8 Å². The number of ether oxygens (including phenoxy) is 1. The minimum Gasteiger partial charge on any atom is -0.444 e. The van der Waals surface area contributed by atoms with Crippen molar-refractivity contribution in [1.82, 2.24) is 4.90 Å². The second-order valence-corrected chi connectivity index (χ2v) is 6.93. The summed E-state index contributed by atoms with van der Waals surface area (Å²) in [7, 11) is 1.79. The molecule has 1 aliphatic rings. The van der Waals surface area contributed by atoms with E-state index in [1.54, 1.807) is 11.9 Å². The first-order valence-corrected chi connectivity index (χ1v) is 8.04. The summed E-state index contributed by atoms with van der Waals surface area (Å²) in [4.78, 5) is 13.8. The first-order valence-electron chi connectivity index (χ1n) is 7.66. The largest absolute Gasteiger partial charge is 0.444 e. The molecule has 3 N–H and O–H groups in total. The van der Waals surface area contributed by atoms with Crippen molar-refractivity contribution in [3.8, 4) is 0 Å². The second-order valence-electron chi connectivity index (χ2n) is 6.55. The minimum atomic E-state index is -0.483. The third-order valence-corrected chi connectivity index (χ3v) is 4.02. The van der Waals surface area contributed by atoms with Crippen LogP contribution < -0.4 is 11.1 Å². The summed E-state index contributed by atoms with van der Waals surface area (Å²) in [6.07, 6.45) is 2.46. The summed E-state index contributed by atoms with van der Waals surface area (Å²) in [5.41, 5.74) is 8.86. The van der Waals surface area contributed by atoms with Crippen LogP contribution in [0.4, 0.5) is 16.2 Å². The number of nitrogens with zero attached hydrogens (tertiary/aromatic N) is 1. The summed E-state index contributed by atoms with van der Waals surface area (Å²) in [6, 6.07) is 3.77. The van der Waals surface area contributed by atoms with Crippen molar-refractivity contribution < 1.29 is 9.53 Å². The van der Waals surface area contributed by atoms with Gasteiger partial charge in [0.15, 0.2) is 0 Å². The molecule has 1 aromatic rings. The number of nitrogen functional groups attached to an aromatic ring is 1. The second kappa shape index (κ2) is 6.71. The van der Waals surface area contributed by atoms with Gasteiger partial charge in [-0.3, -0.25) is 0 Å². The molecule has 0 fully saturated rings. The Hall–Kier alpha value is -1.88. The lowest BCUT2D eigenvalue weighted by Gasteiger charge is -2.30. The van der Waals surface area contributed by atoms with E-state index in [4.69, 9.17) is 22.1 Å². The number of amides is 1. The molecule has 6 heteroatoms. The van der Waals surface area contributed by atoms with E-state index in [-0.39, 0.29) is 6.09 Å². The molecule has 0 bridgehead atoms. The van der Waals surface area contributed by atoms with Gasteiger partial charge in [-0.05, 0) is 44.4 Å². The number of carbonyl (C=O) groups excluding carboxylic acids is 1. The molecule has 0 spiro atoms. The summed E-state index contributed by atoms with van der Waals surface area (Å²) in [6.45, 7) is 6.72. The van der Waals surface area contributed by atoms with Crippen molar-refractivity contribution in [2.75, 3.05) is 31.2 Å². The third-order valence-electron chi connectivity index (χ3n) is 3.63. The maximum absolute atomic E-state index is 12.1. The Bertz CT molecular complexity index is 635. The molecular formula is C17H24ClN3O2. The third kappa shape index (κ3) is 4.10. The number of halogens is 1. The van der Waals surface area contributed by atoms with Gasteiger partial charge in [-0.25, -0.2) is 4.79 Å². The number of carbonyl (C=O) groups is 1. The van der Waals surface area contributed by atoms with E-state index in [1.165, 1.54) is 0 Å². The number of anilines is 2. The van der Waals surface area contributed by atoms with E-state index in [1.807, 2.05) is 39.0 Å². The molecule has 0 atom stereocenters. The smallest absolute Gasteiger partial charge is 0.410 e. The molecule has 1 aliphatic heterocycles. The predicted molar refractivity (Wildman–Crippen MR) is 95.8 cm³/mol. The molecular weight excluding hydrogens is 314 g/mol. The van der Waals surface area contributed by atoms with E-state index < -0.39 is 5.60 Å². The lowest BCUT2D eigenvalue weighted by atomic mass is 9.98. The molecule has 23 heavy (non-hydrogen) atoms. The number of hydrogen-bond acceptors (Lipinski definition) is 4. The van der Waals surface area contributed by atoms with E-state index in [2.05, 4.69) is 5.32 Å². The Morgan fingerprint density at radius 2 is 2.09 bits per heavy atom. The molecule has 0 saturated carbocycles. The topological polar surface area (TPSA) is 67.6 Å². The van der Waals surface area contributed by atoms with E-state index >= 15 is 0 Å². The van der Waals surface area contributed by atoms with E-state index in [0.29, 0.717) is 23.8 Å². The highest BCUT2D eigenvalue weighted by Crippen LogP contribution is 2.37. The highest BCUT2D eigenvalue weighted by molar-refractivity contribution is 6.35. The first-order chi connectivity index (χ1) is 10.7. The maximum atomic E-state index is 12.1. The van der Waals surface area contributed by atoms with Crippen LogP contribution in [-0.4, -0.2) is 36.7 Å². The number of benzene rings is 1. The van der Waals surface area contributed by atoms with Gasteiger partial charge in [0.1, 0.15) is 5.60 Å². The average Bonchev–Trinajstić information content (AvgIpc) is 2.46. The van der Waals surface area contributed by atoms with E-state index in [0.717, 1.165) is 23.2 Å². The van der Waals surface area contributed by atoms with Gasteiger partial charge in [-0.2, -0.15) is 0 Å². The van der Waals surface area contributed by atoms with Crippen molar-refractivity contribution >= 4 is 34.6 Å². The average molecular weight is 338 g/mol. The van der Waals surface area contributed by atoms with Gasteiger partial charge >= 0.3 is 6.09 Å². The van der Waals surface area contributed by atoms with Crippen LogP contribution in [0.15, 0.2) is 18.2 Å². The quantitative estimate of drug-likeness (QED) is 0.801. The Labute approximate surface area is 142 Å². The molecule has 0 radical (unpaired) electrons. The van der Waals surface area contributed by atoms with Crippen LogP contribution in [0.25, 0.3) is 5.57 Å². The molecule has 1 aromatic carbocycles. The zero-order valence-electron chi connectivity index (χ0n) is 14.1. The van der Waals surface area contributed by atoms with Gasteiger partial charge < -0.3 is 20.7 Å². The zero-order valence-corrected chi connectivity index (χ0v) is 14.8. The Balaban J connectivity index is 2.15. The fraction of sp³-hybridized carbons (Fsp3) is 0.471. The molecule has 2 rings (SSSR count). The highest BCUT2D eigenvalue weighted by Gasteiger charge is 2.24. The Morgan fingerprint density at radius 3 is 2.61 bits per heavy atom. The standard InChI is InChI=1S/C17H24ClN3O2/c1-17(2,3)23-16(22)21-9-7-11(8-10-21)12-5-6-13(19)15(20-4)14(12)18/h5-7,20H,8-10,19H2,1-4H3. The van der Waals surface area contributed by atoms with Crippen LogP contribution in [0.3, 0.4) is 0 Å². The van der Waals surface area contributed by atoms with Crippen molar-refractivity contribution in [3.05, 3.63) is 28.8 Å². The fourth-order valence-corrected chi connectivity index (χ4v) is 2.89. The molecule has 0 unspecified atom stereocenters. The van der Waals surface area contributed by atoms with Gasteiger partial charge in [0.2, 0.25) is 0 Å². The lowest BCUT2D eigenvalue weighted by Crippen LogP contribution is -2.39. The van der Waals surface area contributed by atoms with Crippen molar-refractivity contribution in [2.24, 2.45) is 0 Å². The van der Waals surface area contributed by atoms with Crippen LogP contribution in [0.1, 0.15) is 32.8 Å². The predicted octanol–water partition coefficient (Wildman–Crippen LogP) is 3.99. The monoisotopic (exact) mass is 337 g/mol. The SMILES string of the molecule is CNc1c(N)ccc(C2=CCN(C(=O)OC(C)(C)C)CC2)c1Cl. The number of nitrogens with one attached hydrogen (secondary N) is 1. The van der Waals surface area contributed by atoms with Gasteiger partial charge in [-0.1, -0.05) is 23.7 Å². The van der Waals surface area contributed by atoms with Crippen LogP contribution in [-0.2, 0) is 4.74 Å². The highest BCUT2D eigenvalue weighted by atomic mass is 35.5. The van der Waals surface area contributed by atoms with Crippen molar-refractivity contribution in [3.63, 3.8) is 0 Å². The maximum Gasteiger partial charge on any atom is 0.410 e. The molecule has 0 aromatic heterocycles. The molecule has 126 valence electrons. The zero-order chi connectivity index (χ0) is 17.2. The normalized spacial score (nSPS) is 15.2.